The third-order valence-electron chi connectivity index (χ3n) is 4.06. The Morgan fingerprint density at radius 2 is 1.64 bits per heavy atom. The molecular formula is C22H22N2O3S. The van der Waals surface area contributed by atoms with Gasteiger partial charge in [-0.05, 0) is 29.8 Å². The van der Waals surface area contributed by atoms with Crippen molar-refractivity contribution in [2.45, 2.75) is 17.4 Å². The predicted octanol–water partition coefficient (Wildman–Crippen LogP) is 3.53. The van der Waals surface area contributed by atoms with Crippen molar-refractivity contribution < 1.29 is 14.0 Å². The fourth-order valence-corrected chi connectivity index (χ4v) is 3.47. The number of carbonyl (C=O) groups is 2. The molecule has 0 radical (unpaired) electrons. The topological polar surface area (TPSA) is 71.3 Å². The number of benzene rings is 2. The van der Waals surface area contributed by atoms with E-state index in [0.29, 0.717) is 13.0 Å². The van der Waals surface area contributed by atoms with Gasteiger partial charge in [0, 0.05) is 23.6 Å². The van der Waals surface area contributed by atoms with Crippen molar-refractivity contribution in [2.24, 2.45) is 0 Å². The highest BCUT2D eigenvalue weighted by atomic mass is 32.2. The zero-order valence-corrected chi connectivity index (χ0v) is 16.2. The normalized spacial score (nSPS) is 11.6. The number of carbonyl (C=O) groups excluding carboxylic acids is 2. The van der Waals surface area contributed by atoms with Crippen LogP contribution in [0.25, 0.3) is 0 Å². The molecular weight excluding hydrogens is 372 g/mol. The lowest BCUT2D eigenvalue weighted by Crippen LogP contribution is -2.48. The molecule has 0 saturated carbocycles. The van der Waals surface area contributed by atoms with E-state index in [9.17, 15) is 9.59 Å². The van der Waals surface area contributed by atoms with Gasteiger partial charge in [0.25, 0.3) is 5.91 Å². The molecule has 0 unspecified atom stereocenters. The summed E-state index contributed by atoms with van der Waals surface area (Å²) in [5.41, 5.74) is 0.973. The fourth-order valence-electron chi connectivity index (χ4n) is 2.68. The molecule has 0 saturated heterocycles. The summed E-state index contributed by atoms with van der Waals surface area (Å²) in [6, 6.07) is 22.2. The zero-order chi connectivity index (χ0) is 19.6. The van der Waals surface area contributed by atoms with Crippen LogP contribution < -0.4 is 10.6 Å². The maximum absolute atomic E-state index is 12.7. The van der Waals surface area contributed by atoms with Gasteiger partial charge in [-0.2, -0.15) is 0 Å². The molecule has 3 rings (SSSR count). The molecule has 144 valence electrons. The smallest absolute Gasteiger partial charge is 0.287 e. The predicted molar refractivity (Wildman–Crippen MR) is 110 cm³/mol. The number of rotatable bonds is 9. The van der Waals surface area contributed by atoms with E-state index < -0.39 is 11.9 Å². The summed E-state index contributed by atoms with van der Waals surface area (Å²) in [5, 5.41) is 5.69. The van der Waals surface area contributed by atoms with E-state index in [1.165, 1.54) is 6.26 Å². The number of furan rings is 1. The van der Waals surface area contributed by atoms with Gasteiger partial charge in [0.1, 0.15) is 6.04 Å². The molecule has 0 bridgehead atoms. The van der Waals surface area contributed by atoms with E-state index in [1.807, 2.05) is 60.7 Å². The van der Waals surface area contributed by atoms with Gasteiger partial charge in [0.05, 0.1) is 6.26 Å². The SMILES string of the molecule is O=C(N[C@@H](Cc1ccccc1)C(=O)NCCSc1ccccc1)c1ccco1. The first-order chi connectivity index (χ1) is 13.7. The van der Waals surface area contributed by atoms with E-state index in [0.717, 1.165) is 16.2 Å². The van der Waals surface area contributed by atoms with Crippen LogP contribution in [0, 0.1) is 0 Å². The molecule has 0 aliphatic rings. The molecule has 28 heavy (non-hydrogen) atoms. The van der Waals surface area contributed by atoms with Gasteiger partial charge in [0.2, 0.25) is 5.91 Å². The van der Waals surface area contributed by atoms with Crippen molar-refractivity contribution in [1.29, 1.82) is 0 Å². The quantitative estimate of drug-likeness (QED) is 0.430. The number of nitrogens with one attached hydrogen (secondary N) is 2. The van der Waals surface area contributed by atoms with Gasteiger partial charge >= 0.3 is 0 Å². The monoisotopic (exact) mass is 394 g/mol. The average Bonchev–Trinajstić information content (AvgIpc) is 3.27. The van der Waals surface area contributed by atoms with Gasteiger partial charge in [-0.25, -0.2) is 0 Å². The van der Waals surface area contributed by atoms with Gasteiger partial charge in [-0.1, -0.05) is 48.5 Å². The summed E-state index contributed by atoms with van der Waals surface area (Å²) >= 11 is 1.67. The fraction of sp³-hybridized carbons (Fsp3) is 0.182. The molecule has 2 amide bonds. The molecule has 5 nitrogen and oxygen atoms in total. The highest BCUT2D eigenvalue weighted by Crippen LogP contribution is 2.15. The highest BCUT2D eigenvalue weighted by molar-refractivity contribution is 7.99. The molecule has 1 atom stereocenters. The van der Waals surface area contributed by atoms with Crippen molar-refractivity contribution >= 4 is 23.6 Å². The van der Waals surface area contributed by atoms with Crippen molar-refractivity contribution in [1.82, 2.24) is 10.6 Å². The van der Waals surface area contributed by atoms with Gasteiger partial charge in [-0.3, -0.25) is 9.59 Å². The van der Waals surface area contributed by atoms with E-state index in [2.05, 4.69) is 10.6 Å². The summed E-state index contributed by atoms with van der Waals surface area (Å²) in [4.78, 5) is 26.2. The van der Waals surface area contributed by atoms with Crippen molar-refractivity contribution in [3.63, 3.8) is 0 Å². The largest absolute Gasteiger partial charge is 0.459 e. The maximum Gasteiger partial charge on any atom is 0.287 e. The minimum atomic E-state index is -0.679. The molecule has 0 aliphatic carbocycles. The van der Waals surface area contributed by atoms with Crippen LogP contribution in [0.15, 0.2) is 88.4 Å². The first kappa shape index (κ1) is 19.8. The van der Waals surface area contributed by atoms with Crippen LogP contribution in [0.4, 0.5) is 0 Å². The zero-order valence-electron chi connectivity index (χ0n) is 15.3. The highest BCUT2D eigenvalue weighted by Gasteiger charge is 2.22. The lowest BCUT2D eigenvalue weighted by atomic mass is 10.1. The minimum Gasteiger partial charge on any atom is -0.459 e. The molecule has 1 heterocycles. The van der Waals surface area contributed by atoms with Crippen LogP contribution in [-0.2, 0) is 11.2 Å². The van der Waals surface area contributed by atoms with E-state index in [-0.39, 0.29) is 11.7 Å². The van der Waals surface area contributed by atoms with Crippen LogP contribution in [-0.4, -0.2) is 30.2 Å². The first-order valence-electron chi connectivity index (χ1n) is 9.06. The van der Waals surface area contributed by atoms with Crippen LogP contribution in [0.5, 0.6) is 0 Å². The number of hydrogen-bond acceptors (Lipinski definition) is 4. The molecule has 0 aliphatic heterocycles. The standard InChI is InChI=1S/C22H22N2O3S/c25-21(23-13-15-28-18-10-5-2-6-11-18)19(16-17-8-3-1-4-9-17)24-22(26)20-12-7-14-27-20/h1-12,14,19H,13,15-16H2,(H,23,25)(H,24,26)/t19-/m0/s1. The van der Waals surface area contributed by atoms with Crippen LogP contribution in [0.2, 0.25) is 0 Å². The number of amides is 2. The number of hydrogen-bond donors (Lipinski definition) is 2. The first-order valence-corrected chi connectivity index (χ1v) is 10.0. The Labute approximate surface area is 168 Å². The van der Waals surface area contributed by atoms with E-state index >= 15 is 0 Å². The molecule has 6 heteroatoms. The average molecular weight is 394 g/mol. The van der Waals surface area contributed by atoms with Gasteiger partial charge in [-0.15, -0.1) is 11.8 Å². The Morgan fingerprint density at radius 3 is 2.32 bits per heavy atom. The maximum atomic E-state index is 12.7. The second-order valence-electron chi connectivity index (χ2n) is 6.15. The van der Waals surface area contributed by atoms with Crippen molar-refractivity contribution in [3.8, 4) is 0 Å². The third kappa shape index (κ3) is 6.03. The molecule has 1 aromatic heterocycles. The summed E-state index contributed by atoms with van der Waals surface area (Å²) in [5.74, 6) is 0.322. The molecule has 2 aromatic carbocycles. The summed E-state index contributed by atoms with van der Waals surface area (Å²) in [6.07, 6.45) is 1.84. The van der Waals surface area contributed by atoms with Gasteiger partial charge < -0.3 is 15.1 Å². The van der Waals surface area contributed by atoms with Crippen LogP contribution >= 0.6 is 11.8 Å². The summed E-state index contributed by atoms with van der Waals surface area (Å²) < 4.78 is 5.13. The van der Waals surface area contributed by atoms with Crippen molar-refractivity contribution in [2.75, 3.05) is 12.3 Å². The summed E-state index contributed by atoms with van der Waals surface area (Å²) in [6.45, 7) is 0.514. The molecule has 0 spiro atoms. The minimum absolute atomic E-state index is 0.186. The lowest BCUT2D eigenvalue weighted by Gasteiger charge is -2.18. The second kappa shape index (κ2) is 10.4. The Hall–Kier alpha value is -2.99. The van der Waals surface area contributed by atoms with Crippen LogP contribution in [0.3, 0.4) is 0 Å². The summed E-state index contributed by atoms with van der Waals surface area (Å²) in [7, 11) is 0. The third-order valence-corrected chi connectivity index (χ3v) is 5.08. The van der Waals surface area contributed by atoms with E-state index in [4.69, 9.17) is 4.42 Å². The van der Waals surface area contributed by atoms with Crippen molar-refractivity contribution in [3.05, 3.63) is 90.4 Å². The Balaban J connectivity index is 1.56. The molecule has 3 aromatic rings. The Kier molecular flexibility index (Phi) is 7.32. The lowest BCUT2D eigenvalue weighted by molar-refractivity contribution is -0.122. The second-order valence-corrected chi connectivity index (χ2v) is 7.31. The molecule has 0 fully saturated rings. The van der Waals surface area contributed by atoms with Gasteiger partial charge in [0.15, 0.2) is 5.76 Å². The number of thioether (sulfide) groups is 1. The Morgan fingerprint density at radius 1 is 0.929 bits per heavy atom. The van der Waals surface area contributed by atoms with Crippen LogP contribution in [0.1, 0.15) is 16.1 Å². The van der Waals surface area contributed by atoms with E-state index in [1.54, 1.807) is 23.9 Å². The molecule has 2 N–H and O–H groups in total. The Bertz CT molecular complexity index is 867.